The molecule has 4 N–H and O–H groups in total. The Bertz CT molecular complexity index is 523. The molecule has 1 rings (SSSR count). The molecule has 1 aromatic rings. The molecule has 0 fully saturated rings. The number of nitrogen functional groups attached to an aromatic ring is 1. The minimum absolute atomic E-state index is 0.0146. The summed E-state index contributed by atoms with van der Waals surface area (Å²) >= 11 is 0. The highest BCUT2D eigenvalue weighted by Gasteiger charge is 2.16. The number of rotatable bonds is 5. The van der Waals surface area contributed by atoms with E-state index < -0.39 is 5.97 Å². The second kappa shape index (κ2) is 6.92. The van der Waals surface area contributed by atoms with Crippen LogP contribution in [0.3, 0.4) is 0 Å². The lowest BCUT2D eigenvalue weighted by Gasteiger charge is -2.20. The molecule has 0 atom stereocenters. The van der Waals surface area contributed by atoms with Crippen LogP contribution in [0.25, 0.3) is 0 Å². The van der Waals surface area contributed by atoms with Gasteiger partial charge in [0, 0.05) is 11.7 Å². The van der Waals surface area contributed by atoms with Crippen molar-refractivity contribution < 1.29 is 14.3 Å². The summed E-state index contributed by atoms with van der Waals surface area (Å²) in [6.07, 6.45) is 1.44. The van der Waals surface area contributed by atoms with Crippen LogP contribution < -0.4 is 16.4 Å². The Morgan fingerprint density at radius 2 is 2.05 bits per heavy atom. The molecule has 0 saturated heterocycles. The number of nitrogens with zero attached hydrogens (tertiary/aromatic N) is 1. The number of ether oxygens (including phenoxy) is 1. The van der Waals surface area contributed by atoms with Gasteiger partial charge in [-0.3, -0.25) is 4.79 Å². The summed E-state index contributed by atoms with van der Waals surface area (Å²) in [5.41, 5.74) is 5.95. The number of hydrogen-bond acceptors (Lipinski definition) is 6. The lowest BCUT2D eigenvalue weighted by atomic mass is 10.1. The first-order valence-electron chi connectivity index (χ1n) is 6.71. The second-order valence-electron chi connectivity index (χ2n) is 5.49. The largest absolute Gasteiger partial charge is 0.462 e. The van der Waals surface area contributed by atoms with Crippen LogP contribution in [0.5, 0.6) is 0 Å². The molecular weight excluding hydrogens is 272 g/mol. The van der Waals surface area contributed by atoms with Crippen molar-refractivity contribution in [2.45, 2.75) is 33.2 Å². The first kappa shape index (κ1) is 16.7. The van der Waals surface area contributed by atoms with Gasteiger partial charge >= 0.3 is 5.97 Å². The molecule has 0 unspecified atom stereocenters. The normalized spacial score (nSPS) is 10.9. The standard InChI is InChI=1S/C14H22N4O3/c1-5-21-13(20)9-6-7-16-12(11(9)15)17-8-10(19)18-14(2,3)4/h6-7H,5,8,15H2,1-4H3,(H,16,17)(H,18,19). The predicted octanol–water partition coefficient (Wildman–Crippen LogP) is 1.17. The van der Waals surface area contributed by atoms with E-state index in [0.29, 0.717) is 0 Å². The van der Waals surface area contributed by atoms with Crippen molar-refractivity contribution in [1.29, 1.82) is 0 Å². The topological polar surface area (TPSA) is 106 Å². The van der Waals surface area contributed by atoms with Crippen molar-refractivity contribution >= 4 is 23.4 Å². The van der Waals surface area contributed by atoms with Gasteiger partial charge in [0.15, 0.2) is 0 Å². The number of hydrogen-bond donors (Lipinski definition) is 3. The smallest absolute Gasteiger partial charge is 0.340 e. The van der Waals surface area contributed by atoms with Gasteiger partial charge in [0.05, 0.1) is 24.4 Å². The van der Waals surface area contributed by atoms with Crippen molar-refractivity contribution in [2.75, 3.05) is 24.2 Å². The van der Waals surface area contributed by atoms with Crippen molar-refractivity contribution in [3.63, 3.8) is 0 Å². The molecule has 0 saturated carbocycles. The average Bonchev–Trinajstić information content (AvgIpc) is 2.35. The molecule has 1 aromatic heterocycles. The Morgan fingerprint density at radius 3 is 2.62 bits per heavy atom. The Hall–Kier alpha value is -2.31. The first-order chi connectivity index (χ1) is 9.74. The number of aromatic nitrogens is 1. The van der Waals surface area contributed by atoms with Crippen LogP contribution in [-0.2, 0) is 9.53 Å². The average molecular weight is 294 g/mol. The van der Waals surface area contributed by atoms with Gasteiger partial charge in [0.25, 0.3) is 0 Å². The third-order valence-corrected chi connectivity index (χ3v) is 2.42. The molecule has 21 heavy (non-hydrogen) atoms. The quantitative estimate of drug-likeness (QED) is 0.704. The third kappa shape index (κ3) is 5.29. The Balaban J connectivity index is 2.74. The maximum absolute atomic E-state index is 11.7. The van der Waals surface area contributed by atoms with Crippen LogP contribution in [0.1, 0.15) is 38.1 Å². The minimum atomic E-state index is -0.514. The van der Waals surface area contributed by atoms with Gasteiger partial charge in [-0.2, -0.15) is 0 Å². The number of esters is 1. The number of pyridine rings is 1. The highest BCUT2D eigenvalue weighted by atomic mass is 16.5. The number of carbonyl (C=O) groups excluding carboxylic acids is 2. The number of carbonyl (C=O) groups is 2. The lowest BCUT2D eigenvalue weighted by molar-refractivity contribution is -0.120. The number of amides is 1. The van der Waals surface area contributed by atoms with Crippen molar-refractivity contribution in [3.05, 3.63) is 17.8 Å². The fraction of sp³-hybridized carbons (Fsp3) is 0.500. The van der Waals surface area contributed by atoms with Crippen LogP contribution in [0.15, 0.2) is 12.3 Å². The molecule has 0 radical (unpaired) electrons. The Labute approximate surface area is 124 Å². The predicted molar refractivity (Wildman–Crippen MR) is 81.0 cm³/mol. The number of nitrogens with one attached hydrogen (secondary N) is 2. The first-order valence-corrected chi connectivity index (χ1v) is 6.71. The fourth-order valence-corrected chi connectivity index (χ4v) is 1.63. The van der Waals surface area contributed by atoms with Gasteiger partial charge in [0.2, 0.25) is 5.91 Å². The maximum Gasteiger partial charge on any atom is 0.340 e. The summed E-state index contributed by atoms with van der Waals surface area (Å²) in [4.78, 5) is 27.5. The molecule has 1 heterocycles. The van der Waals surface area contributed by atoms with Crippen molar-refractivity contribution in [3.8, 4) is 0 Å². The Kier molecular flexibility index (Phi) is 5.52. The van der Waals surface area contributed by atoms with E-state index in [1.165, 1.54) is 12.3 Å². The van der Waals surface area contributed by atoms with Crippen LogP contribution in [-0.4, -0.2) is 35.6 Å². The van der Waals surface area contributed by atoms with Crippen LogP contribution in [0.4, 0.5) is 11.5 Å². The van der Waals surface area contributed by atoms with Gasteiger partial charge in [-0.05, 0) is 33.8 Å². The maximum atomic E-state index is 11.7. The van der Waals surface area contributed by atoms with Gasteiger partial charge < -0.3 is 21.1 Å². The molecule has 0 aliphatic carbocycles. The van der Waals surface area contributed by atoms with E-state index in [4.69, 9.17) is 10.5 Å². The van der Waals surface area contributed by atoms with Gasteiger partial charge in [-0.15, -0.1) is 0 Å². The van der Waals surface area contributed by atoms with Gasteiger partial charge in [-0.1, -0.05) is 0 Å². The van der Waals surface area contributed by atoms with Crippen molar-refractivity contribution in [2.24, 2.45) is 0 Å². The van der Waals surface area contributed by atoms with Gasteiger partial charge in [-0.25, -0.2) is 9.78 Å². The zero-order valence-corrected chi connectivity index (χ0v) is 12.8. The molecule has 0 spiro atoms. The van der Waals surface area contributed by atoms with Crippen LogP contribution in [0.2, 0.25) is 0 Å². The van der Waals surface area contributed by atoms with Crippen LogP contribution >= 0.6 is 0 Å². The molecule has 0 aliphatic rings. The van der Waals surface area contributed by atoms with Crippen molar-refractivity contribution in [1.82, 2.24) is 10.3 Å². The number of anilines is 2. The zero-order valence-electron chi connectivity index (χ0n) is 12.8. The molecule has 1 amide bonds. The summed E-state index contributed by atoms with van der Waals surface area (Å²) in [5, 5.41) is 5.62. The molecule has 0 aliphatic heterocycles. The number of nitrogens with two attached hydrogens (primary N) is 1. The summed E-state index contributed by atoms with van der Waals surface area (Å²) in [6, 6.07) is 1.48. The molecule has 0 bridgehead atoms. The molecule has 7 heteroatoms. The van der Waals surface area contributed by atoms with E-state index in [9.17, 15) is 9.59 Å². The highest BCUT2D eigenvalue weighted by Crippen LogP contribution is 2.20. The fourth-order valence-electron chi connectivity index (χ4n) is 1.63. The minimum Gasteiger partial charge on any atom is -0.462 e. The monoisotopic (exact) mass is 294 g/mol. The molecular formula is C14H22N4O3. The van der Waals surface area contributed by atoms with E-state index in [0.717, 1.165) is 0 Å². The summed E-state index contributed by atoms with van der Waals surface area (Å²) in [7, 11) is 0. The van der Waals surface area contributed by atoms with E-state index >= 15 is 0 Å². The summed E-state index contributed by atoms with van der Waals surface area (Å²) in [5.74, 6) is -0.422. The lowest BCUT2D eigenvalue weighted by Crippen LogP contribution is -2.43. The third-order valence-electron chi connectivity index (χ3n) is 2.42. The summed E-state index contributed by atoms with van der Waals surface area (Å²) < 4.78 is 4.90. The SMILES string of the molecule is CCOC(=O)c1ccnc(NCC(=O)NC(C)(C)C)c1N. The highest BCUT2D eigenvalue weighted by molar-refractivity contribution is 5.97. The second-order valence-corrected chi connectivity index (χ2v) is 5.49. The van der Waals surface area contributed by atoms with Crippen LogP contribution in [0, 0.1) is 0 Å². The van der Waals surface area contributed by atoms with E-state index in [-0.39, 0.29) is 41.7 Å². The Morgan fingerprint density at radius 1 is 1.38 bits per heavy atom. The summed E-state index contributed by atoms with van der Waals surface area (Å²) in [6.45, 7) is 7.65. The zero-order chi connectivity index (χ0) is 16.0. The molecule has 7 nitrogen and oxygen atoms in total. The molecule has 0 aromatic carbocycles. The van der Waals surface area contributed by atoms with E-state index in [1.54, 1.807) is 6.92 Å². The van der Waals surface area contributed by atoms with E-state index in [1.807, 2.05) is 20.8 Å². The van der Waals surface area contributed by atoms with Gasteiger partial charge in [0.1, 0.15) is 5.82 Å². The van der Waals surface area contributed by atoms with E-state index in [2.05, 4.69) is 15.6 Å². The molecule has 116 valence electrons.